The zero-order chi connectivity index (χ0) is 19.0. The van der Waals surface area contributed by atoms with Crippen molar-refractivity contribution in [2.75, 3.05) is 4.90 Å². The van der Waals surface area contributed by atoms with E-state index in [1.807, 2.05) is 60.8 Å². The van der Waals surface area contributed by atoms with Crippen molar-refractivity contribution in [2.45, 2.75) is 26.7 Å². The molecule has 0 N–H and O–H groups in total. The molecule has 1 aliphatic rings. The van der Waals surface area contributed by atoms with Gasteiger partial charge >= 0.3 is 0 Å². The molecule has 0 saturated carbocycles. The molecule has 0 bridgehead atoms. The highest BCUT2D eigenvalue weighted by atomic mass is 32.1. The van der Waals surface area contributed by atoms with Crippen LogP contribution in [0.3, 0.4) is 0 Å². The number of anilines is 2. The van der Waals surface area contributed by atoms with Crippen LogP contribution in [0.2, 0.25) is 0 Å². The van der Waals surface area contributed by atoms with Gasteiger partial charge in [0.15, 0.2) is 10.9 Å². The summed E-state index contributed by atoms with van der Waals surface area (Å²) < 4.78 is 0. The van der Waals surface area contributed by atoms with Crippen LogP contribution in [0.15, 0.2) is 60.1 Å². The largest absolute Gasteiger partial charge is 0.295 e. The number of hydrogen-bond acceptors (Lipinski definition) is 4. The fourth-order valence-electron chi connectivity index (χ4n) is 3.72. The molecule has 1 heterocycles. The first-order valence-electron chi connectivity index (χ1n) is 8.90. The van der Waals surface area contributed by atoms with Gasteiger partial charge in [-0.3, -0.25) is 14.5 Å². The first-order valence-corrected chi connectivity index (χ1v) is 9.78. The highest BCUT2D eigenvalue weighted by molar-refractivity contribution is 7.13. The van der Waals surface area contributed by atoms with Crippen molar-refractivity contribution in [1.82, 2.24) is 4.98 Å². The number of thiazole rings is 1. The van der Waals surface area contributed by atoms with Crippen LogP contribution >= 0.6 is 11.3 Å². The molecule has 0 aliphatic heterocycles. The van der Waals surface area contributed by atoms with Crippen molar-refractivity contribution < 1.29 is 9.59 Å². The average Bonchev–Trinajstić information content (AvgIpc) is 3.29. The van der Waals surface area contributed by atoms with Crippen molar-refractivity contribution in [1.29, 1.82) is 0 Å². The lowest BCUT2D eigenvalue weighted by Gasteiger charge is -2.30. The summed E-state index contributed by atoms with van der Waals surface area (Å²) in [5, 5.41) is 2.55. The fraction of sp³-hybridized carbons (Fsp3) is 0.227. The molecule has 1 unspecified atom stereocenters. The Morgan fingerprint density at radius 3 is 2.48 bits per heavy atom. The van der Waals surface area contributed by atoms with E-state index >= 15 is 0 Å². The van der Waals surface area contributed by atoms with Gasteiger partial charge in [-0.15, -0.1) is 11.3 Å². The van der Waals surface area contributed by atoms with Crippen molar-refractivity contribution in [3.8, 4) is 0 Å². The molecule has 4 nitrogen and oxygen atoms in total. The Labute approximate surface area is 162 Å². The monoisotopic (exact) mass is 376 g/mol. The number of Topliss-reactive ketones (excluding diaryl/α,β-unsaturated/α-hetero) is 1. The van der Waals surface area contributed by atoms with Gasteiger partial charge in [0.05, 0.1) is 11.1 Å². The first-order chi connectivity index (χ1) is 13.0. The third-order valence-corrected chi connectivity index (χ3v) is 5.87. The van der Waals surface area contributed by atoms with E-state index in [4.69, 9.17) is 0 Å². The smallest absolute Gasteiger partial charge is 0.239 e. The van der Waals surface area contributed by atoms with Crippen molar-refractivity contribution >= 4 is 33.8 Å². The SMILES string of the molecule is CC(=O)c1ccc2c(c1)CC(C)(C(=O)N(c1ccccc1)c1nccs1)C2. The van der Waals surface area contributed by atoms with E-state index in [1.165, 1.54) is 11.3 Å². The number of benzene rings is 2. The molecule has 1 atom stereocenters. The van der Waals surface area contributed by atoms with Gasteiger partial charge < -0.3 is 0 Å². The lowest BCUT2D eigenvalue weighted by atomic mass is 9.85. The molecule has 4 rings (SSSR count). The maximum Gasteiger partial charge on any atom is 0.239 e. The summed E-state index contributed by atoms with van der Waals surface area (Å²) in [5.41, 5.74) is 3.18. The highest BCUT2D eigenvalue weighted by Gasteiger charge is 2.43. The first kappa shape index (κ1) is 17.6. The van der Waals surface area contributed by atoms with Crippen LogP contribution in [0.1, 0.15) is 35.3 Å². The Hall–Kier alpha value is -2.79. The Kier molecular flexibility index (Phi) is 4.40. The molecule has 0 spiro atoms. The van der Waals surface area contributed by atoms with Crippen LogP contribution < -0.4 is 4.90 Å². The second-order valence-corrected chi connectivity index (χ2v) is 8.12. The molecule has 136 valence electrons. The minimum atomic E-state index is -0.570. The number of ketones is 1. The normalized spacial score (nSPS) is 18.1. The van der Waals surface area contributed by atoms with Gasteiger partial charge in [0.25, 0.3) is 0 Å². The quantitative estimate of drug-likeness (QED) is 0.614. The van der Waals surface area contributed by atoms with E-state index < -0.39 is 5.41 Å². The third kappa shape index (κ3) is 3.19. The Morgan fingerprint density at radius 1 is 1.07 bits per heavy atom. The van der Waals surface area contributed by atoms with Crippen molar-refractivity contribution in [3.63, 3.8) is 0 Å². The number of amides is 1. The van der Waals surface area contributed by atoms with Gasteiger partial charge in [0.2, 0.25) is 5.91 Å². The minimum Gasteiger partial charge on any atom is -0.295 e. The summed E-state index contributed by atoms with van der Waals surface area (Å²) >= 11 is 1.45. The van der Waals surface area contributed by atoms with Crippen molar-refractivity contribution in [2.24, 2.45) is 5.41 Å². The van der Waals surface area contributed by atoms with Crippen LogP contribution in [0.4, 0.5) is 10.8 Å². The number of aromatic nitrogens is 1. The number of carbonyl (C=O) groups is 2. The summed E-state index contributed by atoms with van der Waals surface area (Å²) in [6.45, 7) is 3.58. The average molecular weight is 376 g/mol. The topological polar surface area (TPSA) is 50.3 Å². The number of fused-ring (bicyclic) bond motifs is 1. The molecule has 1 aliphatic carbocycles. The number of para-hydroxylation sites is 1. The van der Waals surface area contributed by atoms with Gasteiger partial charge in [-0.05, 0) is 49.1 Å². The highest BCUT2D eigenvalue weighted by Crippen LogP contribution is 2.41. The van der Waals surface area contributed by atoms with E-state index in [0.29, 0.717) is 23.5 Å². The van der Waals surface area contributed by atoms with E-state index in [2.05, 4.69) is 4.98 Å². The van der Waals surface area contributed by atoms with Crippen molar-refractivity contribution in [3.05, 3.63) is 76.8 Å². The van der Waals surface area contributed by atoms with Crippen LogP contribution in [0.25, 0.3) is 0 Å². The van der Waals surface area contributed by atoms with Gasteiger partial charge in [-0.1, -0.05) is 37.3 Å². The Balaban J connectivity index is 1.71. The zero-order valence-electron chi connectivity index (χ0n) is 15.3. The second-order valence-electron chi connectivity index (χ2n) is 7.24. The van der Waals surface area contributed by atoms with E-state index in [-0.39, 0.29) is 11.7 Å². The molecule has 3 aromatic rings. The molecule has 5 heteroatoms. The molecule has 0 radical (unpaired) electrons. The standard InChI is InChI=1S/C22H20N2O2S/c1-15(25)16-8-9-17-13-22(2,14-18(17)12-16)20(26)24(21-23-10-11-27-21)19-6-4-3-5-7-19/h3-12H,13-14H2,1-2H3. The van der Waals surface area contributed by atoms with Gasteiger partial charge in [0, 0.05) is 17.1 Å². The second kappa shape index (κ2) is 6.74. The Bertz CT molecular complexity index is 998. The summed E-state index contributed by atoms with van der Waals surface area (Å²) in [7, 11) is 0. The molecular weight excluding hydrogens is 356 g/mol. The third-order valence-electron chi connectivity index (χ3n) is 5.12. The molecular formula is C22H20N2O2S. The van der Waals surface area contributed by atoms with E-state index in [1.54, 1.807) is 18.0 Å². The maximum atomic E-state index is 13.7. The fourth-order valence-corrected chi connectivity index (χ4v) is 4.38. The maximum absolute atomic E-state index is 13.7. The summed E-state index contributed by atoms with van der Waals surface area (Å²) in [4.78, 5) is 31.5. The predicted molar refractivity (Wildman–Crippen MR) is 108 cm³/mol. The number of hydrogen-bond donors (Lipinski definition) is 0. The summed E-state index contributed by atoms with van der Waals surface area (Å²) in [5.74, 6) is 0.0793. The summed E-state index contributed by atoms with van der Waals surface area (Å²) in [6, 6.07) is 15.4. The predicted octanol–water partition coefficient (Wildman–Crippen LogP) is 4.82. The van der Waals surface area contributed by atoms with Crippen LogP contribution in [0, 0.1) is 5.41 Å². The van der Waals surface area contributed by atoms with E-state index in [0.717, 1.165) is 16.8 Å². The lowest BCUT2D eigenvalue weighted by Crippen LogP contribution is -2.40. The van der Waals surface area contributed by atoms with Crippen LogP contribution in [-0.4, -0.2) is 16.7 Å². The number of rotatable bonds is 4. The molecule has 27 heavy (non-hydrogen) atoms. The number of nitrogens with zero attached hydrogens (tertiary/aromatic N) is 2. The Morgan fingerprint density at radius 2 is 1.81 bits per heavy atom. The lowest BCUT2D eigenvalue weighted by molar-refractivity contribution is -0.126. The van der Waals surface area contributed by atoms with Crippen LogP contribution in [-0.2, 0) is 17.6 Å². The molecule has 2 aromatic carbocycles. The summed E-state index contributed by atoms with van der Waals surface area (Å²) in [6.07, 6.45) is 3.00. The minimum absolute atomic E-state index is 0.0317. The zero-order valence-corrected chi connectivity index (χ0v) is 16.1. The number of carbonyl (C=O) groups excluding carboxylic acids is 2. The van der Waals surface area contributed by atoms with Gasteiger partial charge in [-0.25, -0.2) is 4.98 Å². The molecule has 0 fully saturated rings. The van der Waals surface area contributed by atoms with Crippen LogP contribution in [0.5, 0.6) is 0 Å². The molecule has 0 saturated heterocycles. The molecule has 1 amide bonds. The van der Waals surface area contributed by atoms with Gasteiger partial charge in [0.1, 0.15) is 0 Å². The molecule has 1 aromatic heterocycles. The van der Waals surface area contributed by atoms with Gasteiger partial charge in [-0.2, -0.15) is 0 Å². The van der Waals surface area contributed by atoms with E-state index in [9.17, 15) is 9.59 Å².